The van der Waals surface area contributed by atoms with Crippen molar-refractivity contribution in [3.63, 3.8) is 0 Å². The van der Waals surface area contributed by atoms with E-state index in [1.807, 2.05) is 24.3 Å². The Hall–Kier alpha value is -1.22. The van der Waals surface area contributed by atoms with Crippen molar-refractivity contribution in [1.82, 2.24) is 0 Å². The van der Waals surface area contributed by atoms with E-state index in [-0.39, 0.29) is 0 Å². The Morgan fingerprint density at radius 2 is 1.80 bits per heavy atom. The average Bonchev–Trinajstić information content (AvgIpc) is 2.48. The van der Waals surface area contributed by atoms with E-state index in [0.717, 1.165) is 42.5 Å². The highest BCUT2D eigenvalue weighted by Crippen LogP contribution is 2.27. The summed E-state index contributed by atoms with van der Waals surface area (Å²) >= 11 is 0. The molecule has 3 atom stereocenters. The van der Waals surface area contributed by atoms with Gasteiger partial charge in [0.2, 0.25) is 0 Å². The Morgan fingerprint density at radius 1 is 1.10 bits per heavy atom. The molecule has 2 N–H and O–H groups in total. The van der Waals surface area contributed by atoms with Crippen LogP contribution in [0.1, 0.15) is 33.1 Å². The molecule has 0 bridgehead atoms. The standard InChI is InChI=1S/C17H27NO2/c1-13-5-4-6-17(14(13)2)18-11-12-20-16-9-7-15(19-3)8-10-16/h7-10,13-14,17-18H,4-6,11-12H2,1-3H3/p+1/t13-,14-,17-/m0/s1. The number of hydrogen-bond acceptors (Lipinski definition) is 2. The molecule has 2 rings (SSSR count). The van der Waals surface area contributed by atoms with Gasteiger partial charge in [-0.05, 0) is 49.4 Å². The van der Waals surface area contributed by atoms with E-state index < -0.39 is 0 Å². The lowest BCUT2D eigenvalue weighted by Crippen LogP contribution is -2.92. The SMILES string of the molecule is COc1ccc(OCC[NH2+][C@H]2CCC[C@H](C)[C@@H]2C)cc1. The molecule has 1 saturated carbocycles. The van der Waals surface area contributed by atoms with E-state index in [9.17, 15) is 0 Å². The second-order valence-electron chi connectivity index (χ2n) is 5.98. The fraction of sp³-hybridized carbons (Fsp3) is 0.647. The van der Waals surface area contributed by atoms with Gasteiger partial charge in [0.25, 0.3) is 0 Å². The van der Waals surface area contributed by atoms with Crippen LogP contribution in [0.25, 0.3) is 0 Å². The summed E-state index contributed by atoms with van der Waals surface area (Å²) in [4.78, 5) is 0. The molecule has 0 unspecified atom stereocenters. The van der Waals surface area contributed by atoms with Crippen LogP contribution in [-0.2, 0) is 0 Å². The van der Waals surface area contributed by atoms with Gasteiger partial charge >= 0.3 is 0 Å². The first-order chi connectivity index (χ1) is 9.70. The summed E-state index contributed by atoms with van der Waals surface area (Å²) in [6.07, 6.45) is 4.13. The van der Waals surface area contributed by atoms with Gasteiger partial charge in [-0.25, -0.2) is 0 Å². The first kappa shape index (κ1) is 15.2. The van der Waals surface area contributed by atoms with Crippen LogP contribution >= 0.6 is 0 Å². The molecule has 0 saturated heterocycles. The largest absolute Gasteiger partial charge is 0.497 e. The van der Waals surface area contributed by atoms with Crippen molar-refractivity contribution in [3.05, 3.63) is 24.3 Å². The zero-order chi connectivity index (χ0) is 14.4. The van der Waals surface area contributed by atoms with Crippen LogP contribution in [0.3, 0.4) is 0 Å². The fourth-order valence-corrected chi connectivity index (χ4v) is 3.09. The fourth-order valence-electron chi connectivity index (χ4n) is 3.09. The second-order valence-corrected chi connectivity index (χ2v) is 5.98. The summed E-state index contributed by atoms with van der Waals surface area (Å²) in [5, 5.41) is 2.48. The van der Waals surface area contributed by atoms with Gasteiger partial charge in [-0.1, -0.05) is 13.8 Å². The lowest BCUT2D eigenvalue weighted by molar-refractivity contribution is -0.699. The Kier molecular flexibility index (Phi) is 5.72. The van der Waals surface area contributed by atoms with Gasteiger partial charge in [-0.15, -0.1) is 0 Å². The molecule has 1 fully saturated rings. The molecule has 3 nitrogen and oxygen atoms in total. The van der Waals surface area contributed by atoms with Gasteiger partial charge in [0, 0.05) is 5.92 Å². The highest BCUT2D eigenvalue weighted by molar-refractivity contribution is 5.31. The van der Waals surface area contributed by atoms with Crippen molar-refractivity contribution in [3.8, 4) is 11.5 Å². The highest BCUT2D eigenvalue weighted by atomic mass is 16.5. The molecule has 0 aromatic heterocycles. The van der Waals surface area contributed by atoms with Crippen molar-refractivity contribution in [2.75, 3.05) is 20.3 Å². The molecule has 112 valence electrons. The third kappa shape index (κ3) is 4.14. The third-order valence-corrected chi connectivity index (χ3v) is 4.69. The Labute approximate surface area is 122 Å². The number of nitrogens with two attached hydrogens (primary N) is 1. The van der Waals surface area contributed by atoms with E-state index in [0.29, 0.717) is 0 Å². The van der Waals surface area contributed by atoms with Gasteiger partial charge in [0.15, 0.2) is 0 Å². The Bertz CT molecular complexity index is 390. The summed E-state index contributed by atoms with van der Waals surface area (Å²) in [6.45, 7) is 6.59. The van der Waals surface area contributed by atoms with E-state index in [2.05, 4.69) is 19.2 Å². The van der Waals surface area contributed by atoms with Crippen LogP contribution in [0.2, 0.25) is 0 Å². The van der Waals surface area contributed by atoms with Crippen molar-refractivity contribution >= 4 is 0 Å². The first-order valence-corrected chi connectivity index (χ1v) is 7.81. The van der Waals surface area contributed by atoms with Crippen LogP contribution in [0.4, 0.5) is 0 Å². The number of ether oxygens (including phenoxy) is 2. The van der Waals surface area contributed by atoms with Crippen LogP contribution in [0, 0.1) is 11.8 Å². The van der Waals surface area contributed by atoms with Gasteiger partial charge in [-0.3, -0.25) is 0 Å². The topological polar surface area (TPSA) is 35.1 Å². The molecule has 0 radical (unpaired) electrons. The summed E-state index contributed by atoms with van der Waals surface area (Å²) < 4.78 is 10.9. The minimum Gasteiger partial charge on any atom is -0.497 e. The maximum atomic E-state index is 5.77. The normalized spacial score (nSPS) is 26.2. The predicted octanol–water partition coefficient (Wildman–Crippen LogP) is 2.46. The van der Waals surface area contributed by atoms with E-state index in [4.69, 9.17) is 9.47 Å². The van der Waals surface area contributed by atoms with Crippen molar-refractivity contribution in [2.45, 2.75) is 39.2 Å². The first-order valence-electron chi connectivity index (χ1n) is 7.81. The van der Waals surface area contributed by atoms with Crippen molar-refractivity contribution < 1.29 is 14.8 Å². The van der Waals surface area contributed by atoms with Gasteiger partial charge < -0.3 is 14.8 Å². The summed E-state index contributed by atoms with van der Waals surface area (Å²) in [7, 11) is 1.68. The van der Waals surface area contributed by atoms with Gasteiger partial charge in [0.05, 0.1) is 13.2 Å². The molecule has 20 heavy (non-hydrogen) atoms. The molecule has 0 spiro atoms. The van der Waals surface area contributed by atoms with Crippen molar-refractivity contribution in [2.24, 2.45) is 11.8 Å². The van der Waals surface area contributed by atoms with E-state index >= 15 is 0 Å². The molecule has 3 heteroatoms. The van der Waals surface area contributed by atoms with Gasteiger partial charge in [0.1, 0.15) is 24.7 Å². The summed E-state index contributed by atoms with van der Waals surface area (Å²) in [6, 6.07) is 8.57. The third-order valence-electron chi connectivity index (χ3n) is 4.69. The number of methoxy groups -OCH3 is 1. The number of hydrogen-bond donors (Lipinski definition) is 1. The van der Waals surface area contributed by atoms with Crippen LogP contribution < -0.4 is 14.8 Å². The summed E-state index contributed by atoms with van der Waals surface area (Å²) in [5.74, 6) is 3.48. The molecule has 0 heterocycles. The monoisotopic (exact) mass is 278 g/mol. The van der Waals surface area contributed by atoms with Crippen LogP contribution in [0.5, 0.6) is 11.5 Å². The highest BCUT2D eigenvalue weighted by Gasteiger charge is 2.29. The van der Waals surface area contributed by atoms with Crippen LogP contribution in [0.15, 0.2) is 24.3 Å². The lowest BCUT2D eigenvalue weighted by Gasteiger charge is -2.32. The van der Waals surface area contributed by atoms with Crippen molar-refractivity contribution in [1.29, 1.82) is 0 Å². The Morgan fingerprint density at radius 3 is 2.50 bits per heavy atom. The van der Waals surface area contributed by atoms with Gasteiger partial charge in [-0.2, -0.15) is 0 Å². The maximum Gasteiger partial charge on any atom is 0.137 e. The second kappa shape index (κ2) is 7.53. The minimum atomic E-state index is 0.768. The molecule has 0 amide bonds. The molecule has 1 aromatic rings. The average molecular weight is 278 g/mol. The molecule has 1 aliphatic rings. The van der Waals surface area contributed by atoms with E-state index in [1.165, 1.54) is 19.3 Å². The Balaban J connectivity index is 1.68. The molecule has 0 aliphatic heterocycles. The predicted molar refractivity (Wildman–Crippen MR) is 81.2 cm³/mol. The molecule has 1 aromatic carbocycles. The zero-order valence-corrected chi connectivity index (χ0v) is 13.0. The number of quaternary nitrogens is 1. The van der Waals surface area contributed by atoms with E-state index in [1.54, 1.807) is 7.11 Å². The maximum absolute atomic E-state index is 5.77. The lowest BCUT2D eigenvalue weighted by atomic mass is 9.78. The smallest absolute Gasteiger partial charge is 0.137 e. The molecular weight excluding hydrogens is 250 g/mol. The number of benzene rings is 1. The zero-order valence-electron chi connectivity index (χ0n) is 13.0. The molecular formula is C17H28NO2+. The summed E-state index contributed by atoms with van der Waals surface area (Å²) in [5.41, 5.74) is 0. The quantitative estimate of drug-likeness (QED) is 0.811. The van der Waals surface area contributed by atoms with Crippen LogP contribution in [-0.4, -0.2) is 26.3 Å². The molecule has 1 aliphatic carbocycles. The minimum absolute atomic E-state index is 0.768. The number of rotatable bonds is 6.